The fraction of sp³-hybridized carbons (Fsp3) is 0.462. The minimum Gasteiger partial charge on any atom is -0.294 e. The number of ketones is 1. The third-order valence-corrected chi connectivity index (χ3v) is 2.80. The maximum atomic E-state index is 13.0. The van der Waals surface area contributed by atoms with E-state index in [0.717, 1.165) is 12.8 Å². The van der Waals surface area contributed by atoms with Gasteiger partial charge in [0, 0.05) is 11.5 Å². The normalized spacial score (nSPS) is 10.7. The molecule has 0 saturated carbocycles. The van der Waals surface area contributed by atoms with Crippen LogP contribution in [0.2, 0.25) is 0 Å². The third kappa shape index (κ3) is 2.65. The third-order valence-electron chi connectivity index (χ3n) is 2.80. The molecule has 1 nitrogen and oxygen atoms in total. The summed E-state index contributed by atoms with van der Waals surface area (Å²) in [7, 11) is 0. The topological polar surface area (TPSA) is 17.1 Å². The van der Waals surface area contributed by atoms with Gasteiger partial charge < -0.3 is 0 Å². The van der Waals surface area contributed by atoms with Gasteiger partial charge in [0.1, 0.15) is 5.82 Å². The summed E-state index contributed by atoms with van der Waals surface area (Å²) < 4.78 is 13.0. The van der Waals surface area contributed by atoms with E-state index in [1.54, 1.807) is 19.1 Å². The van der Waals surface area contributed by atoms with E-state index in [0.29, 0.717) is 11.1 Å². The summed E-state index contributed by atoms with van der Waals surface area (Å²) in [4.78, 5) is 11.9. The average molecular weight is 208 g/mol. The maximum absolute atomic E-state index is 13.0. The van der Waals surface area contributed by atoms with Crippen molar-refractivity contribution in [1.29, 1.82) is 0 Å². The van der Waals surface area contributed by atoms with E-state index in [2.05, 4.69) is 0 Å². The predicted octanol–water partition coefficient (Wildman–Crippen LogP) is 3.75. The molecule has 0 bridgehead atoms. The molecule has 2 heteroatoms. The number of hydrogen-bond donors (Lipinski definition) is 0. The second-order valence-electron chi connectivity index (χ2n) is 3.84. The van der Waals surface area contributed by atoms with E-state index in [-0.39, 0.29) is 17.5 Å². The number of Topliss-reactive ketones (excluding diaryl/α,β-unsaturated/α-hetero) is 1. The number of carbonyl (C=O) groups excluding carboxylic acids is 1. The van der Waals surface area contributed by atoms with Crippen LogP contribution in [0.25, 0.3) is 0 Å². The highest BCUT2D eigenvalue weighted by atomic mass is 19.1. The Hall–Kier alpha value is -1.18. The van der Waals surface area contributed by atoms with Gasteiger partial charge in [-0.3, -0.25) is 4.79 Å². The number of hydrogen-bond acceptors (Lipinski definition) is 1. The molecule has 0 spiro atoms. The summed E-state index contributed by atoms with van der Waals surface area (Å²) in [5, 5.41) is 0. The number of aryl methyl sites for hydroxylation is 1. The van der Waals surface area contributed by atoms with Crippen molar-refractivity contribution < 1.29 is 9.18 Å². The summed E-state index contributed by atoms with van der Waals surface area (Å²) in [5.74, 6) is -0.0611. The second kappa shape index (κ2) is 5.06. The van der Waals surface area contributed by atoms with Gasteiger partial charge >= 0.3 is 0 Å². The van der Waals surface area contributed by atoms with Crippen LogP contribution in [0.4, 0.5) is 4.39 Å². The predicted molar refractivity (Wildman–Crippen MR) is 59.5 cm³/mol. The molecular weight excluding hydrogens is 191 g/mol. The molecular formula is C13H17FO. The van der Waals surface area contributed by atoms with E-state index in [9.17, 15) is 9.18 Å². The molecule has 0 aromatic heterocycles. The molecule has 15 heavy (non-hydrogen) atoms. The molecule has 0 fully saturated rings. The van der Waals surface area contributed by atoms with Gasteiger partial charge in [-0.05, 0) is 43.5 Å². The van der Waals surface area contributed by atoms with Crippen LogP contribution >= 0.6 is 0 Å². The summed E-state index contributed by atoms with van der Waals surface area (Å²) in [6.45, 7) is 5.68. The lowest BCUT2D eigenvalue weighted by Crippen LogP contribution is -2.13. The van der Waals surface area contributed by atoms with Gasteiger partial charge in [0.2, 0.25) is 0 Å². The Balaban J connectivity index is 2.96. The van der Waals surface area contributed by atoms with Crippen molar-refractivity contribution in [3.63, 3.8) is 0 Å². The molecule has 1 aromatic carbocycles. The standard InChI is InChI=1S/C13H17FO/c1-4-10(5-2)13(15)11-6-7-12(14)9(3)8-11/h6-8,10H,4-5H2,1-3H3. The van der Waals surface area contributed by atoms with Crippen LogP contribution in [-0.2, 0) is 0 Å². The smallest absolute Gasteiger partial charge is 0.165 e. The highest BCUT2D eigenvalue weighted by Gasteiger charge is 2.16. The van der Waals surface area contributed by atoms with Gasteiger partial charge in [0.25, 0.3) is 0 Å². The molecule has 0 amide bonds. The van der Waals surface area contributed by atoms with Crippen LogP contribution in [0.5, 0.6) is 0 Å². The van der Waals surface area contributed by atoms with Crippen molar-refractivity contribution in [2.75, 3.05) is 0 Å². The molecule has 0 saturated heterocycles. The number of rotatable bonds is 4. The fourth-order valence-electron chi connectivity index (χ4n) is 1.69. The monoisotopic (exact) mass is 208 g/mol. The molecule has 0 N–H and O–H groups in total. The quantitative estimate of drug-likeness (QED) is 0.689. The second-order valence-corrected chi connectivity index (χ2v) is 3.84. The highest BCUT2D eigenvalue weighted by molar-refractivity contribution is 5.97. The molecule has 1 rings (SSSR count). The van der Waals surface area contributed by atoms with Crippen molar-refractivity contribution in [3.05, 3.63) is 35.1 Å². The summed E-state index contributed by atoms with van der Waals surface area (Å²) in [5.41, 5.74) is 1.16. The first-order valence-electron chi connectivity index (χ1n) is 5.40. The zero-order chi connectivity index (χ0) is 11.4. The minimum atomic E-state index is -0.254. The van der Waals surface area contributed by atoms with Crippen LogP contribution in [0.1, 0.15) is 42.6 Å². The minimum absolute atomic E-state index is 0.0647. The molecule has 0 radical (unpaired) electrons. The number of halogens is 1. The Kier molecular flexibility index (Phi) is 4.01. The molecule has 0 heterocycles. The summed E-state index contributed by atoms with van der Waals surface area (Å²) in [6, 6.07) is 4.57. The van der Waals surface area contributed by atoms with Crippen LogP contribution in [-0.4, -0.2) is 5.78 Å². The van der Waals surface area contributed by atoms with Gasteiger partial charge in [-0.15, -0.1) is 0 Å². The van der Waals surface area contributed by atoms with Crippen molar-refractivity contribution in [1.82, 2.24) is 0 Å². The van der Waals surface area contributed by atoms with Crippen molar-refractivity contribution in [2.45, 2.75) is 33.6 Å². The zero-order valence-corrected chi connectivity index (χ0v) is 9.51. The van der Waals surface area contributed by atoms with Gasteiger partial charge in [0.05, 0.1) is 0 Å². The summed E-state index contributed by atoms with van der Waals surface area (Å²) >= 11 is 0. The molecule has 0 aliphatic rings. The number of benzene rings is 1. The molecule has 1 aromatic rings. The van der Waals surface area contributed by atoms with Crippen molar-refractivity contribution in [3.8, 4) is 0 Å². The Bertz CT molecular complexity index is 354. The molecule has 0 atom stereocenters. The van der Waals surface area contributed by atoms with E-state index >= 15 is 0 Å². The molecule has 82 valence electrons. The van der Waals surface area contributed by atoms with Crippen molar-refractivity contribution in [2.24, 2.45) is 5.92 Å². The zero-order valence-electron chi connectivity index (χ0n) is 9.51. The van der Waals surface area contributed by atoms with Crippen LogP contribution < -0.4 is 0 Å². The van der Waals surface area contributed by atoms with Gasteiger partial charge in [-0.2, -0.15) is 0 Å². The lowest BCUT2D eigenvalue weighted by Gasteiger charge is -2.11. The first kappa shape index (κ1) is 11.9. The molecule has 0 aliphatic heterocycles. The Morgan fingerprint density at radius 2 is 1.93 bits per heavy atom. The lowest BCUT2D eigenvalue weighted by molar-refractivity contribution is 0.0913. The van der Waals surface area contributed by atoms with E-state index < -0.39 is 0 Å². The summed E-state index contributed by atoms with van der Waals surface area (Å²) in [6.07, 6.45) is 1.68. The Morgan fingerprint density at radius 3 is 2.40 bits per heavy atom. The first-order chi connectivity index (χ1) is 7.10. The van der Waals surface area contributed by atoms with Gasteiger partial charge in [-0.1, -0.05) is 13.8 Å². The first-order valence-corrected chi connectivity index (χ1v) is 5.40. The average Bonchev–Trinajstić information content (AvgIpc) is 2.23. The largest absolute Gasteiger partial charge is 0.294 e. The Labute approximate surface area is 90.3 Å². The van der Waals surface area contributed by atoms with Crippen LogP contribution in [0, 0.1) is 18.7 Å². The van der Waals surface area contributed by atoms with E-state index in [1.807, 2.05) is 13.8 Å². The maximum Gasteiger partial charge on any atom is 0.165 e. The SMILES string of the molecule is CCC(CC)C(=O)c1ccc(F)c(C)c1. The van der Waals surface area contributed by atoms with E-state index in [1.165, 1.54) is 6.07 Å². The van der Waals surface area contributed by atoms with Crippen LogP contribution in [0.15, 0.2) is 18.2 Å². The van der Waals surface area contributed by atoms with Gasteiger partial charge in [-0.25, -0.2) is 4.39 Å². The fourth-order valence-corrected chi connectivity index (χ4v) is 1.69. The van der Waals surface area contributed by atoms with E-state index in [4.69, 9.17) is 0 Å². The van der Waals surface area contributed by atoms with Crippen molar-refractivity contribution >= 4 is 5.78 Å². The lowest BCUT2D eigenvalue weighted by atomic mass is 9.92. The number of carbonyl (C=O) groups is 1. The Morgan fingerprint density at radius 1 is 1.33 bits per heavy atom. The highest BCUT2D eigenvalue weighted by Crippen LogP contribution is 2.17. The van der Waals surface area contributed by atoms with Gasteiger partial charge in [0.15, 0.2) is 5.78 Å². The van der Waals surface area contributed by atoms with Crippen LogP contribution in [0.3, 0.4) is 0 Å². The molecule has 0 aliphatic carbocycles. The molecule has 0 unspecified atom stereocenters.